The van der Waals surface area contributed by atoms with Crippen LogP contribution in [-0.4, -0.2) is 34.1 Å². The number of nitrogens with one attached hydrogen (secondary N) is 2. The SMILES string of the molecule is CC(Nc1ncc(C(=O)O)cc1N)C(=O)NC1CC1. The van der Waals surface area contributed by atoms with E-state index in [1.54, 1.807) is 6.92 Å². The molecule has 1 amide bonds. The Hall–Kier alpha value is -2.31. The molecule has 102 valence electrons. The van der Waals surface area contributed by atoms with Crippen LogP contribution in [0.5, 0.6) is 0 Å². The maximum absolute atomic E-state index is 11.7. The van der Waals surface area contributed by atoms with Crippen LogP contribution in [-0.2, 0) is 4.79 Å². The fourth-order valence-corrected chi connectivity index (χ4v) is 1.54. The zero-order valence-electron chi connectivity index (χ0n) is 10.5. The number of nitrogen functional groups attached to an aromatic ring is 1. The van der Waals surface area contributed by atoms with Crippen LogP contribution in [0.1, 0.15) is 30.1 Å². The van der Waals surface area contributed by atoms with E-state index >= 15 is 0 Å². The van der Waals surface area contributed by atoms with E-state index in [0.29, 0.717) is 5.82 Å². The third-order valence-electron chi connectivity index (χ3n) is 2.83. The minimum absolute atomic E-state index is 0.0122. The fraction of sp³-hybridized carbons (Fsp3) is 0.417. The molecule has 0 aromatic carbocycles. The molecule has 1 saturated carbocycles. The highest BCUT2D eigenvalue weighted by atomic mass is 16.4. The van der Waals surface area contributed by atoms with Gasteiger partial charge in [-0.25, -0.2) is 9.78 Å². The van der Waals surface area contributed by atoms with Gasteiger partial charge in [0.2, 0.25) is 5.91 Å². The van der Waals surface area contributed by atoms with E-state index in [9.17, 15) is 9.59 Å². The molecular weight excluding hydrogens is 248 g/mol. The second-order valence-corrected chi connectivity index (χ2v) is 4.62. The molecule has 7 heteroatoms. The van der Waals surface area contributed by atoms with Crippen molar-refractivity contribution in [2.24, 2.45) is 0 Å². The summed E-state index contributed by atoms with van der Waals surface area (Å²) in [5.41, 5.74) is 5.91. The molecule has 0 radical (unpaired) electrons. The third kappa shape index (κ3) is 3.34. The third-order valence-corrected chi connectivity index (χ3v) is 2.83. The molecule has 1 aliphatic carbocycles. The number of hydrogen-bond acceptors (Lipinski definition) is 5. The highest BCUT2D eigenvalue weighted by molar-refractivity contribution is 5.90. The van der Waals surface area contributed by atoms with Crippen LogP contribution in [0.4, 0.5) is 11.5 Å². The van der Waals surface area contributed by atoms with E-state index in [4.69, 9.17) is 10.8 Å². The molecule has 1 aromatic heterocycles. The van der Waals surface area contributed by atoms with Gasteiger partial charge < -0.3 is 21.5 Å². The number of carboxylic acids is 1. The number of hydrogen-bond donors (Lipinski definition) is 4. The van der Waals surface area contributed by atoms with Gasteiger partial charge in [-0.05, 0) is 25.8 Å². The summed E-state index contributed by atoms with van der Waals surface area (Å²) >= 11 is 0. The highest BCUT2D eigenvalue weighted by Crippen LogP contribution is 2.20. The number of nitrogens with two attached hydrogens (primary N) is 1. The molecule has 1 fully saturated rings. The van der Waals surface area contributed by atoms with E-state index in [0.717, 1.165) is 12.8 Å². The number of carboxylic acid groups (broad SMARTS) is 1. The summed E-state index contributed by atoms with van der Waals surface area (Å²) in [6.07, 6.45) is 3.24. The Kier molecular flexibility index (Phi) is 3.55. The van der Waals surface area contributed by atoms with Crippen LogP contribution in [0.25, 0.3) is 0 Å². The molecule has 2 rings (SSSR count). The molecule has 0 spiro atoms. The molecular formula is C12H16N4O3. The van der Waals surface area contributed by atoms with Gasteiger partial charge in [-0.3, -0.25) is 4.79 Å². The second-order valence-electron chi connectivity index (χ2n) is 4.62. The first-order valence-electron chi connectivity index (χ1n) is 6.03. The van der Waals surface area contributed by atoms with Crippen molar-refractivity contribution in [1.29, 1.82) is 0 Å². The van der Waals surface area contributed by atoms with Gasteiger partial charge in [-0.2, -0.15) is 0 Å². The van der Waals surface area contributed by atoms with Crippen molar-refractivity contribution in [3.8, 4) is 0 Å². The molecule has 0 saturated heterocycles. The number of pyridine rings is 1. The molecule has 5 N–H and O–H groups in total. The number of nitrogens with zero attached hydrogens (tertiary/aromatic N) is 1. The minimum Gasteiger partial charge on any atom is -0.478 e. The molecule has 0 bridgehead atoms. The lowest BCUT2D eigenvalue weighted by Gasteiger charge is -2.15. The van der Waals surface area contributed by atoms with Crippen molar-refractivity contribution in [2.75, 3.05) is 11.1 Å². The second kappa shape index (κ2) is 5.13. The standard InChI is InChI=1S/C12H16N4O3/c1-6(11(17)16-8-2-3-8)15-10-9(13)4-7(5-14-10)12(18)19/h4-6,8H,2-3,13H2,1H3,(H,14,15)(H,16,17)(H,18,19). The summed E-state index contributed by atoms with van der Waals surface area (Å²) in [6, 6.07) is 1.12. The van der Waals surface area contributed by atoms with Gasteiger partial charge in [-0.15, -0.1) is 0 Å². The zero-order chi connectivity index (χ0) is 14.0. The maximum atomic E-state index is 11.7. The van der Waals surface area contributed by atoms with Crippen LogP contribution in [0.2, 0.25) is 0 Å². The molecule has 1 heterocycles. The quantitative estimate of drug-likeness (QED) is 0.613. The molecule has 7 nitrogen and oxygen atoms in total. The van der Waals surface area contributed by atoms with Gasteiger partial charge in [0.25, 0.3) is 0 Å². The fourth-order valence-electron chi connectivity index (χ4n) is 1.54. The summed E-state index contributed by atoms with van der Waals surface area (Å²) in [6.45, 7) is 1.70. The minimum atomic E-state index is -1.09. The Morgan fingerprint density at radius 3 is 2.74 bits per heavy atom. The first-order chi connectivity index (χ1) is 8.97. The van der Waals surface area contributed by atoms with E-state index in [1.165, 1.54) is 12.3 Å². The Balaban J connectivity index is 2.01. The predicted molar refractivity (Wildman–Crippen MR) is 69.9 cm³/mol. The molecule has 0 aliphatic heterocycles. The van der Waals surface area contributed by atoms with Crippen molar-refractivity contribution >= 4 is 23.4 Å². The van der Waals surface area contributed by atoms with Crippen LogP contribution >= 0.6 is 0 Å². The predicted octanol–water partition coefficient (Wildman–Crippen LogP) is 0.441. The Bertz CT molecular complexity index is 514. The number of rotatable bonds is 5. The van der Waals surface area contributed by atoms with Crippen LogP contribution in [0, 0.1) is 0 Å². The normalized spacial score (nSPS) is 15.6. The van der Waals surface area contributed by atoms with Gasteiger partial charge in [0, 0.05) is 12.2 Å². The largest absolute Gasteiger partial charge is 0.478 e. The summed E-state index contributed by atoms with van der Waals surface area (Å²) < 4.78 is 0. The van der Waals surface area contributed by atoms with Gasteiger partial charge in [-0.1, -0.05) is 0 Å². The number of carbonyl (C=O) groups is 2. The summed E-state index contributed by atoms with van der Waals surface area (Å²) in [5, 5.41) is 14.5. The zero-order valence-corrected chi connectivity index (χ0v) is 10.5. The lowest BCUT2D eigenvalue weighted by atomic mass is 10.2. The van der Waals surface area contributed by atoms with Crippen molar-refractivity contribution in [2.45, 2.75) is 31.8 Å². The van der Waals surface area contributed by atoms with Crippen molar-refractivity contribution in [3.63, 3.8) is 0 Å². The summed E-state index contributed by atoms with van der Waals surface area (Å²) in [5.74, 6) is -0.903. The van der Waals surface area contributed by atoms with Crippen LogP contribution < -0.4 is 16.4 Å². The van der Waals surface area contributed by atoms with Gasteiger partial charge in [0.1, 0.15) is 11.9 Å². The molecule has 1 aromatic rings. The number of aromatic nitrogens is 1. The Morgan fingerprint density at radius 1 is 1.53 bits per heavy atom. The number of carbonyl (C=O) groups excluding carboxylic acids is 1. The number of anilines is 2. The van der Waals surface area contributed by atoms with Crippen molar-refractivity contribution in [1.82, 2.24) is 10.3 Å². The highest BCUT2D eigenvalue weighted by Gasteiger charge is 2.25. The molecule has 19 heavy (non-hydrogen) atoms. The van der Waals surface area contributed by atoms with Gasteiger partial charge in [0.15, 0.2) is 0 Å². The lowest BCUT2D eigenvalue weighted by molar-refractivity contribution is -0.121. The average molecular weight is 264 g/mol. The van der Waals surface area contributed by atoms with E-state index in [-0.39, 0.29) is 23.2 Å². The van der Waals surface area contributed by atoms with E-state index in [1.807, 2.05) is 0 Å². The maximum Gasteiger partial charge on any atom is 0.337 e. The van der Waals surface area contributed by atoms with E-state index < -0.39 is 12.0 Å². The lowest BCUT2D eigenvalue weighted by Crippen LogP contribution is -2.39. The van der Waals surface area contributed by atoms with E-state index in [2.05, 4.69) is 15.6 Å². The first kappa shape index (κ1) is 13.1. The van der Waals surface area contributed by atoms with Crippen molar-refractivity contribution in [3.05, 3.63) is 17.8 Å². The molecule has 1 atom stereocenters. The molecule has 1 aliphatic rings. The summed E-state index contributed by atoms with van der Waals surface area (Å²) in [4.78, 5) is 26.4. The van der Waals surface area contributed by atoms with Crippen LogP contribution in [0.3, 0.4) is 0 Å². The number of amides is 1. The summed E-state index contributed by atoms with van der Waals surface area (Å²) in [7, 11) is 0. The Morgan fingerprint density at radius 2 is 2.21 bits per heavy atom. The topological polar surface area (TPSA) is 117 Å². The van der Waals surface area contributed by atoms with Gasteiger partial charge >= 0.3 is 5.97 Å². The monoisotopic (exact) mass is 264 g/mol. The van der Waals surface area contributed by atoms with Crippen LogP contribution in [0.15, 0.2) is 12.3 Å². The average Bonchev–Trinajstić information content (AvgIpc) is 3.15. The first-order valence-corrected chi connectivity index (χ1v) is 6.03. The van der Waals surface area contributed by atoms with Crippen molar-refractivity contribution < 1.29 is 14.7 Å². The smallest absolute Gasteiger partial charge is 0.337 e. The molecule has 1 unspecified atom stereocenters. The Labute approximate surface area is 110 Å². The van der Waals surface area contributed by atoms with Gasteiger partial charge in [0.05, 0.1) is 11.3 Å². The number of aromatic carboxylic acids is 1.